The van der Waals surface area contributed by atoms with E-state index in [4.69, 9.17) is 11.6 Å². The molecule has 0 bridgehead atoms. The Morgan fingerprint density at radius 1 is 0.769 bits per heavy atom. The summed E-state index contributed by atoms with van der Waals surface area (Å²) in [6, 6.07) is 31.2. The highest BCUT2D eigenvalue weighted by molar-refractivity contribution is 7.98. The van der Waals surface area contributed by atoms with E-state index in [9.17, 15) is 19.5 Å². The average molecular weight is 559 g/mol. The molecule has 8 heteroatoms. The van der Waals surface area contributed by atoms with Crippen LogP contribution in [0.2, 0.25) is 5.02 Å². The molecule has 3 amide bonds. The van der Waals surface area contributed by atoms with Crippen molar-refractivity contribution in [3.8, 4) is 11.1 Å². The molecular formula is C31H27ClN2O4S. The molecule has 0 aliphatic carbocycles. The highest BCUT2D eigenvalue weighted by Gasteiger charge is 2.28. The summed E-state index contributed by atoms with van der Waals surface area (Å²) >= 11 is 7.40. The Kier molecular flexibility index (Phi) is 9.78. The van der Waals surface area contributed by atoms with Crippen molar-refractivity contribution in [1.29, 1.82) is 0 Å². The van der Waals surface area contributed by atoms with E-state index in [0.29, 0.717) is 21.9 Å². The van der Waals surface area contributed by atoms with Crippen molar-refractivity contribution in [2.45, 2.75) is 18.3 Å². The number of hydrogen-bond donors (Lipinski definition) is 2. The van der Waals surface area contributed by atoms with Gasteiger partial charge in [-0.1, -0.05) is 96.5 Å². The van der Waals surface area contributed by atoms with Crippen LogP contribution in [0.4, 0.5) is 4.79 Å². The highest BCUT2D eigenvalue weighted by atomic mass is 35.5. The van der Waals surface area contributed by atoms with Gasteiger partial charge in [-0.2, -0.15) is 11.8 Å². The lowest BCUT2D eigenvalue weighted by Gasteiger charge is -2.24. The van der Waals surface area contributed by atoms with Gasteiger partial charge in [-0.3, -0.25) is 9.69 Å². The molecule has 6 nitrogen and oxygen atoms in total. The van der Waals surface area contributed by atoms with Gasteiger partial charge in [0, 0.05) is 22.1 Å². The minimum absolute atomic E-state index is 0.0498. The average Bonchev–Trinajstić information content (AvgIpc) is 2.97. The molecule has 0 aromatic heterocycles. The predicted molar refractivity (Wildman–Crippen MR) is 156 cm³/mol. The maximum atomic E-state index is 13.5. The maximum Gasteiger partial charge on any atom is 0.327 e. The molecule has 39 heavy (non-hydrogen) atoms. The molecule has 0 radical (unpaired) electrons. The molecule has 4 aromatic rings. The topological polar surface area (TPSA) is 86.7 Å². The number of aliphatic carboxylic acids is 1. The van der Waals surface area contributed by atoms with Gasteiger partial charge in [0.2, 0.25) is 0 Å². The van der Waals surface area contributed by atoms with Gasteiger partial charge in [0.1, 0.15) is 6.04 Å². The molecule has 1 atom stereocenters. The second kappa shape index (κ2) is 13.6. The van der Waals surface area contributed by atoms with E-state index in [0.717, 1.165) is 21.6 Å². The van der Waals surface area contributed by atoms with Crippen LogP contribution in [-0.4, -0.2) is 39.7 Å². The Hall–Kier alpha value is -4.07. The van der Waals surface area contributed by atoms with Crippen LogP contribution < -0.4 is 5.32 Å². The van der Waals surface area contributed by atoms with Crippen molar-refractivity contribution in [1.82, 2.24) is 10.2 Å². The van der Waals surface area contributed by atoms with Crippen LogP contribution in [0.3, 0.4) is 0 Å². The summed E-state index contributed by atoms with van der Waals surface area (Å²) in [7, 11) is 0. The zero-order valence-corrected chi connectivity index (χ0v) is 22.6. The number of thioether (sulfide) groups is 1. The molecule has 0 fully saturated rings. The van der Waals surface area contributed by atoms with Crippen molar-refractivity contribution in [2.24, 2.45) is 0 Å². The highest BCUT2D eigenvalue weighted by Crippen LogP contribution is 2.21. The third-order valence-electron chi connectivity index (χ3n) is 5.98. The van der Waals surface area contributed by atoms with Gasteiger partial charge in [-0.25, -0.2) is 9.59 Å². The van der Waals surface area contributed by atoms with Gasteiger partial charge in [-0.15, -0.1) is 0 Å². The van der Waals surface area contributed by atoms with Gasteiger partial charge < -0.3 is 10.4 Å². The summed E-state index contributed by atoms with van der Waals surface area (Å²) in [5, 5.41) is 12.8. The lowest BCUT2D eigenvalue weighted by atomic mass is 10.0. The summed E-state index contributed by atoms with van der Waals surface area (Å²) < 4.78 is 0. The first-order valence-electron chi connectivity index (χ1n) is 12.3. The zero-order valence-electron chi connectivity index (χ0n) is 21.0. The van der Waals surface area contributed by atoms with E-state index in [-0.39, 0.29) is 12.3 Å². The van der Waals surface area contributed by atoms with Crippen LogP contribution in [-0.2, 0) is 17.1 Å². The van der Waals surface area contributed by atoms with E-state index >= 15 is 0 Å². The summed E-state index contributed by atoms with van der Waals surface area (Å²) in [6.45, 7) is -0.0498. The van der Waals surface area contributed by atoms with Crippen molar-refractivity contribution in [2.75, 3.05) is 5.75 Å². The predicted octanol–water partition coefficient (Wildman–Crippen LogP) is 6.75. The maximum absolute atomic E-state index is 13.5. The zero-order chi connectivity index (χ0) is 27.6. The van der Waals surface area contributed by atoms with Gasteiger partial charge in [-0.05, 0) is 46.5 Å². The number of benzene rings is 4. The number of nitrogens with zero attached hydrogens (tertiary/aromatic N) is 1. The summed E-state index contributed by atoms with van der Waals surface area (Å²) in [6.07, 6.45) is 0. The first-order valence-corrected chi connectivity index (χ1v) is 13.8. The quantitative estimate of drug-likeness (QED) is 0.225. The Labute approximate surface area is 236 Å². The van der Waals surface area contributed by atoms with Gasteiger partial charge in [0.15, 0.2) is 0 Å². The molecule has 0 saturated carbocycles. The van der Waals surface area contributed by atoms with Gasteiger partial charge in [0.25, 0.3) is 5.91 Å². The Morgan fingerprint density at radius 2 is 1.36 bits per heavy atom. The number of carboxylic acid groups (broad SMARTS) is 1. The van der Waals surface area contributed by atoms with Crippen LogP contribution in [0.5, 0.6) is 0 Å². The second-order valence-corrected chi connectivity index (χ2v) is 10.3. The van der Waals surface area contributed by atoms with E-state index in [2.05, 4.69) is 5.32 Å². The van der Waals surface area contributed by atoms with E-state index in [1.807, 2.05) is 72.8 Å². The van der Waals surface area contributed by atoms with Crippen LogP contribution in [0, 0.1) is 0 Å². The third-order valence-corrected chi connectivity index (χ3v) is 7.33. The number of halogens is 1. The lowest BCUT2D eigenvalue weighted by Crippen LogP contribution is -2.50. The van der Waals surface area contributed by atoms with E-state index in [1.165, 1.54) is 11.8 Å². The first kappa shape index (κ1) is 28.0. The van der Waals surface area contributed by atoms with Crippen LogP contribution in [0.25, 0.3) is 11.1 Å². The molecule has 1 unspecified atom stereocenters. The van der Waals surface area contributed by atoms with Crippen molar-refractivity contribution >= 4 is 41.3 Å². The number of carboxylic acids is 1. The lowest BCUT2D eigenvalue weighted by molar-refractivity contribution is -0.138. The molecule has 0 saturated heterocycles. The van der Waals surface area contributed by atoms with Gasteiger partial charge in [0.05, 0.1) is 6.54 Å². The van der Waals surface area contributed by atoms with Crippen molar-refractivity contribution in [3.63, 3.8) is 0 Å². The SMILES string of the molecule is O=C(O)C(CSCc1ccccc1)NC(=O)N(Cc1ccc(Cl)cc1)C(=O)c1ccc(-c2ccccc2)cc1. The van der Waals surface area contributed by atoms with Gasteiger partial charge >= 0.3 is 12.0 Å². The van der Waals surface area contributed by atoms with Crippen molar-refractivity contribution < 1.29 is 19.5 Å². The molecule has 4 aromatic carbocycles. The second-order valence-electron chi connectivity index (χ2n) is 8.80. The van der Waals surface area contributed by atoms with Crippen LogP contribution in [0.15, 0.2) is 109 Å². The van der Waals surface area contributed by atoms with Crippen LogP contribution >= 0.6 is 23.4 Å². The number of carbonyl (C=O) groups is 3. The number of carbonyl (C=O) groups excluding carboxylic acids is 2. The molecule has 4 rings (SSSR count). The van der Waals surface area contributed by atoms with Crippen molar-refractivity contribution in [3.05, 3.63) is 131 Å². The first-order chi connectivity index (χ1) is 18.9. The Bertz CT molecular complexity index is 1400. The fourth-order valence-corrected chi connectivity index (χ4v) is 5.00. The molecule has 0 heterocycles. The molecule has 2 N–H and O–H groups in total. The Morgan fingerprint density at radius 3 is 1.97 bits per heavy atom. The number of nitrogens with one attached hydrogen (secondary N) is 1. The largest absolute Gasteiger partial charge is 0.480 e. The number of hydrogen-bond acceptors (Lipinski definition) is 4. The monoisotopic (exact) mass is 558 g/mol. The summed E-state index contributed by atoms with van der Waals surface area (Å²) in [4.78, 5) is 39.9. The molecule has 0 aliphatic rings. The summed E-state index contributed by atoms with van der Waals surface area (Å²) in [5.74, 6) is -0.968. The molecule has 0 aliphatic heterocycles. The molecular weight excluding hydrogens is 532 g/mol. The fraction of sp³-hybridized carbons (Fsp3) is 0.129. The fourth-order valence-electron chi connectivity index (χ4n) is 3.87. The minimum Gasteiger partial charge on any atom is -0.480 e. The van der Waals surface area contributed by atoms with E-state index < -0.39 is 23.9 Å². The number of urea groups is 1. The third kappa shape index (κ3) is 7.96. The molecule has 0 spiro atoms. The van der Waals surface area contributed by atoms with E-state index in [1.54, 1.807) is 36.4 Å². The minimum atomic E-state index is -1.17. The normalized spacial score (nSPS) is 11.4. The Balaban J connectivity index is 1.51. The molecule has 198 valence electrons. The van der Waals surface area contributed by atoms with Crippen LogP contribution in [0.1, 0.15) is 21.5 Å². The summed E-state index contributed by atoms with van der Waals surface area (Å²) in [5.41, 5.74) is 3.97. The standard InChI is InChI=1S/C31H27ClN2O4S/c32-27-17-11-22(12-18-27)19-34(29(35)26-15-13-25(14-16-26)24-9-5-2-6-10-24)31(38)33-28(30(36)37)21-39-20-23-7-3-1-4-8-23/h1-18,28H,19-21H2,(H,33,38)(H,36,37). The number of rotatable bonds is 10. The smallest absolute Gasteiger partial charge is 0.327 e. The number of imide groups is 1. The number of amides is 3.